The highest BCUT2D eigenvalue weighted by Crippen LogP contribution is 2.33. The summed E-state index contributed by atoms with van der Waals surface area (Å²) in [6.45, 7) is 9.11. The number of piperidine rings is 1. The van der Waals surface area contributed by atoms with Crippen LogP contribution in [-0.2, 0) is 9.47 Å². The molecule has 1 saturated carbocycles. The van der Waals surface area contributed by atoms with Crippen LogP contribution >= 0.6 is 0 Å². The molecule has 0 radical (unpaired) electrons. The van der Waals surface area contributed by atoms with Gasteiger partial charge in [-0.3, -0.25) is 0 Å². The molecular weight excluding hydrogens is 280 g/mol. The third-order valence-corrected chi connectivity index (χ3v) is 4.38. The molecule has 0 aromatic rings. The number of hydrogen-bond donors (Lipinski definition) is 1. The first kappa shape index (κ1) is 17.5. The Balaban J connectivity index is 1.76. The van der Waals surface area contributed by atoms with Crippen LogP contribution in [0.5, 0.6) is 0 Å². The van der Waals surface area contributed by atoms with E-state index in [1.54, 1.807) is 7.11 Å². The molecule has 1 aliphatic heterocycles. The minimum absolute atomic E-state index is 0.173. The van der Waals surface area contributed by atoms with Gasteiger partial charge in [0, 0.05) is 32.8 Å². The number of likely N-dealkylation sites (tertiary alicyclic amines) is 1. The lowest BCUT2D eigenvalue weighted by Gasteiger charge is -2.34. The molecule has 5 nitrogen and oxygen atoms in total. The van der Waals surface area contributed by atoms with Crippen molar-refractivity contribution >= 4 is 6.09 Å². The third kappa shape index (κ3) is 5.76. The van der Waals surface area contributed by atoms with E-state index in [1.165, 1.54) is 19.3 Å². The van der Waals surface area contributed by atoms with Gasteiger partial charge < -0.3 is 19.7 Å². The van der Waals surface area contributed by atoms with Gasteiger partial charge in [-0.05, 0) is 58.3 Å². The second-order valence-electron chi connectivity index (χ2n) is 7.74. The fourth-order valence-corrected chi connectivity index (χ4v) is 3.08. The van der Waals surface area contributed by atoms with Gasteiger partial charge in [0.1, 0.15) is 5.60 Å². The average Bonchev–Trinajstić information content (AvgIpc) is 3.26. The van der Waals surface area contributed by atoms with Gasteiger partial charge in [0.05, 0.1) is 6.61 Å². The molecule has 1 saturated heterocycles. The molecule has 0 aromatic carbocycles. The van der Waals surface area contributed by atoms with E-state index in [0.717, 1.165) is 38.6 Å². The standard InChI is InChI=1S/C17H32N2O3/c1-17(2,3)22-16(20)19-9-5-6-13(11-19)10-18-15(12-21-4)14-7-8-14/h13-15,18H,5-12H2,1-4H3. The van der Waals surface area contributed by atoms with Crippen LogP contribution in [0.1, 0.15) is 46.5 Å². The van der Waals surface area contributed by atoms with Crippen LogP contribution in [-0.4, -0.2) is 56.0 Å². The van der Waals surface area contributed by atoms with E-state index in [-0.39, 0.29) is 6.09 Å². The van der Waals surface area contributed by atoms with Gasteiger partial charge in [0.2, 0.25) is 0 Å². The van der Waals surface area contributed by atoms with Crippen molar-refractivity contribution in [2.75, 3.05) is 33.4 Å². The largest absolute Gasteiger partial charge is 0.444 e. The minimum Gasteiger partial charge on any atom is -0.444 e. The number of ether oxygens (including phenoxy) is 2. The molecular formula is C17H32N2O3. The zero-order chi connectivity index (χ0) is 16.2. The number of amides is 1. The van der Waals surface area contributed by atoms with Crippen molar-refractivity contribution in [3.63, 3.8) is 0 Å². The number of methoxy groups -OCH3 is 1. The SMILES string of the molecule is COCC(NCC1CCCN(C(=O)OC(C)(C)C)C1)C1CC1. The van der Waals surface area contributed by atoms with Crippen LogP contribution < -0.4 is 5.32 Å². The lowest BCUT2D eigenvalue weighted by molar-refractivity contribution is 0.0163. The zero-order valence-electron chi connectivity index (χ0n) is 14.6. The predicted molar refractivity (Wildman–Crippen MR) is 86.9 cm³/mol. The average molecular weight is 312 g/mol. The number of carbonyl (C=O) groups is 1. The highest BCUT2D eigenvalue weighted by atomic mass is 16.6. The summed E-state index contributed by atoms with van der Waals surface area (Å²) in [4.78, 5) is 14.0. The van der Waals surface area contributed by atoms with Crippen molar-refractivity contribution in [3.8, 4) is 0 Å². The quantitative estimate of drug-likeness (QED) is 0.819. The highest BCUT2D eigenvalue weighted by molar-refractivity contribution is 5.68. The fourth-order valence-electron chi connectivity index (χ4n) is 3.08. The second-order valence-corrected chi connectivity index (χ2v) is 7.74. The van der Waals surface area contributed by atoms with Crippen LogP contribution in [0.4, 0.5) is 4.79 Å². The van der Waals surface area contributed by atoms with Crippen LogP contribution in [0.3, 0.4) is 0 Å². The summed E-state index contributed by atoms with van der Waals surface area (Å²) in [6.07, 6.45) is 4.69. The van der Waals surface area contributed by atoms with Crippen LogP contribution in [0.25, 0.3) is 0 Å². The van der Waals surface area contributed by atoms with Crippen molar-refractivity contribution in [2.24, 2.45) is 11.8 Å². The van der Waals surface area contributed by atoms with Crippen molar-refractivity contribution in [1.82, 2.24) is 10.2 Å². The van der Waals surface area contributed by atoms with E-state index in [0.29, 0.717) is 12.0 Å². The van der Waals surface area contributed by atoms with Crippen LogP contribution in [0.15, 0.2) is 0 Å². The monoisotopic (exact) mass is 312 g/mol. The highest BCUT2D eigenvalue weighted by Gasteiger charge is 2.32. The van der Waals surface area contributed by atoms with Gasteiger partial charge in [-0.1, -0.05) is 0 Å². The summed E-state index contributed by atoms with van der Waals surface area (Å²) < 4.78 is 10.8. The van der Waals surface area contributed by atoms with Gasteiger partial charge in [-0.25, -0.2) is 4.79 Å². The first-order chi connectivity index (χ1) is 10.4. The molecule has 22 heavy (non-hydrogen) atoms. The maximum atomic E-state index is 12.2. The molecule has 2 aliphatic rings. The summed E-state index contributed by atoms with van der Waals surface area (Å²) in [5.41, 5.74) is -0.419. The van der Waals surface area contributed by atoms with E-state index >= 15 is 0 Å². The Bertz CT molecular complexity index is 363. The predicted octanol–water partition coefficient (Wildman–Crippen LogP) is 2.65. The Morgan fingerprint density at radius 1 is 1.32 bits per heavy atom. The summed E-state index contributed by atoms with van der Waals surface area (Å²) in [6, 6.07) is 0.474. The molecule has 2 unspecified atom stereocenters. The normalized spacial score (nSPS) is 24.2. The van der Waals surface area contributed by atoms with E-state index in [9.17, 15) is 4.79 Å². The molecule has 5 heteroatoms. The maximum Gasteiger partial charge on any atom is 0.410 e. The Morgan fingerprint density at radius 3 is 2.64 bits per heavy atom. The molecule has 2 rings (SSSR count). The topological polar surface area (TPSA) is 50.8 Å². The van der Waals surface area contributed by atoms with Crippen molar-refractivity contribution in [1.29, 1.82) is 0 Å². The maximum absolute atomic E-state index is 12.2. The van der Waals surface area contributed by atoms with Gasteiger partial charge in [0.25, 0.3) is 0 Å². The Morgan fingerprint density at radius 2 is 2.05 bits per heavy atom. The fraction of sp³-hybridized carbons (Fsp3) is 0.941. The first-order valence-electron chi connectivity index (χ1n) is 8.59. The number of rotatable bonds is 6. The molecule has 0 bridgehead atoms. The smallest absolute Gasteiger partial charge is 0.410 e. The van der Waals surface area contributed by atoms with E-state index in [4.69, 9.17) is 9.47 Å². The third-order valence-electron chi connectivity index (χ3n) is 4.38. The number of hydrogen-bond acceptors (Lipinski definition) is 4. The summed E-state index contributed by atoms with van der Waals surface area (Å²) in [7, 11) is 1.77. The summed E-state index contributed by atoms with van der Waals surface area (Å²) >= 11 is 0. The van der Waals surface area contributed by atoms with Gasteiger partial charge in [0.15, 0.2) is 0 Å². The lowest BCUT2D eigenvalue weighted by Crippen LogP contribution is -2.47. The number of carbonyl (C=O) groups excluding carboxylic acids is 1. The Kier molecular flexibility index (Phi) is 6.09. The van der Waals surface area contributed by atoms with Crippen molar-refractivity contribution in [2.45, 2.75) is 58.1 Å². The molecule has 128 valence electrons. The van der Waals surface area contributed by atoms with Gasteiger partial charge >= 0.3 is 6.09 Å². The van der Waals surface area contributed by atoms with Crippen LogP contribution in [0, 0.1) is 11.8 Å². The molecule has 2 fully saturated rings. The molecule has 2 atom stereocenters. The zero-order valence-corrected chi connectivity index (χ0v) is 14.6. The number of nitrogens with zero attached hydrogens (tertiary/aromatic N) is 1. The minimum atomic E-state index is -0.419. The van der Waals surface area contributed by atoms with Crippen molar-refractivity contribution < 1.29 is 14.3 Å². The van der Waals surface area contributed by atoms with Crippen molar-refractivity contribution in [3.05, 3.63) is 0 Å². The summed E-state index contributed by atoms with van der Waals surface area (Å²) in [5, 5.41) is 3.66. The van der Waals surface area contributed by atoms with E-state index < -0.39 is 5.60 Å². The second kappa shape index (κ2) is 7.64. The number of nitrogens with one attached hydrogen (secondary N) is 1. The van der Waals surface area contributed by atoms with Crippen LogP contribution in [0.2, 0.25) is 0 Å². The van der Waals surface area contributed by atoms with E-state index in [1.807, 2.05) is 25.7 Å². The summed E-state index contributed by atoms with van der Waals surface area (Å²) in [5.74, 6) is 1.30. The van der Waals surface area contributed by atoms with Gasteiger partial charge in [-0.15, -0.1) is 0 Å². The van der Waals surface area contributed by atoms with E-state index in [2.05, 4.69) is 5.32 Å². The van der Waals surface area contributed by atoms with Gasteiger partial charge in [-0.2, -0.15) is 0 Å². The lowest BCUT2D eigenvalue weighted by atomic mass is 9.97. The molecule has 1 aliphatic carbocycles. The molecule has 1 amide bonds. The molecule has 0 aromatic heterocycles. The molecule has 1 N–H and O–H groups in total. The Labute approximate surface area is 134 Å². The first-order valence-corrected chi connectivity index (χ1v) is 8.59. The molecule has 0 spiro atoms. The Hall–Kier alpha value is -0.810. The molecule has 1 heterocycles.